The van der Waals surface area contributed by atoms with Crippen LogP contribution in [0.25, 0.3) is 0 Å². The highest BCUT2D eigenvalue weighted by molar-refractivity contribution is 6.03. The molecule has 0 saturated carbocycles. The van der Waals surface area contributed by atoms with Crippen molar-refractivity contribution in [2.24, 2.45) is 0 Å². The zero-order valence-corrected chi connectivity index (χ0v) is 13.2. The summed E-state index contributed by atoms with van der Waals surface area (Å²) in [6.45, 7) is 0. The molecule has 1 unspecified atom stereocenters. The first-order valence-electron chi connectivity index (χ1n) is 7.78. The van der Waals surface area contributed by atoms with Crippen molar-refractivity contribution >= 4 is 5.78 Å². The van der Waals surface area contributed by atoms with E-state index >= 15 is 0 Å². The number of carbonyl (C=O) groups excluding carboxylic acids is 1. The van der Waals surface area contributed by atoms with E-state index in [-0.39, 0.29) is 5.78 Å². The van der Waals surface area contributed by atoms with Gasteiger partial charge < -0.3 is 0 Å². The second kappa shape index (κ2) is 6.93. The van der Waals surface area contributed by atoms with Crippen LogP contribution in [0, 0.1) is 0 Å². The highest BCUT2D eigenvalue weighted by Crippen LogP contribution is 2.33. The average Bonchev–Trinajstić information content (AvgIpc) is 2.63. The number of halogens is 3. The van der Waals surface area contributed by atoms with Gasteiger partial charge in [0.2, 0.25) is 0 Å². The minimum atomic E-state index is -4.40. The van der Waals surface area contributed by atoms with Crippen LogP contribution >= 0.6 is 0 Å². The van der Waals surface area contributed by atoms with Crippen molar-refractivity contribution in [1.29, 1.82) is 0 Å². The highest BCUT2D eigenvalue weighted by atomic mass is 19.4. The van der Waals surface area contributed by atoms with E-state index in [2.05, 4.69) is 0 Å². The second-order valence-electron chi connectivity index (χ2n) is 5.69. The van der Waals surface area contributed by atoms with Gasteiger partial charge in [0.25, 0.3) is 0 Å². The van der Waals surface area contributed by atoms with E-state index in [9.17, 15) is 18.0 Å². The molecule has 0 aliphatic rings. The van der Waals surface area contributed by atoms with Gasteiger partial charge in [0.05, 0.1) is 11.5 Å². The number of hydrogen-bond acceptors (Lipinski definition) is 1. The minimum Gasteiger partial charge on any atom is -0.293 e. The smallest absolute Gasteiger partial charge is 0.293 e. The maximum Gasteiger partial charge on any atom is 0.416 e. The van der Waals surface area contributed by atoms with Crippen LogP contribution in [0.3, 0.4) is 0 Å². The van der Waals surface area contributed by atoms with E-state index in [0.29, 0.717) is 11.1 Å². The molecule has 0 bridgehead atoms. The Labute approximate surface area is 143 Å². The Morgan fingerprint density at radius 1 is 0.680 bits per heavy atom. The third-order valence-electron chi connectivity index (χ3n) is 4.02. The Balaban J connectivity index is 2.05. The Bertz CT molecular complexity index is 838. The summed E-state index contributed by atoms with van der Waals surface area (Å²) in [5.74, 6) is -0.794. The van der Waals surface area contributed by atoms with Crippen LogP contribution in [0.5, 0.6) is 0 Å². The van der Waals surface area contributed by atoms with Gasteiger partial charge in [-0.3, -0.25) is 4.79 Å². The third kappa shape index (κ3) is 3.79. The van der Waals surface area contributed by atoms with Gasteiger partial charge in [-0.2, -0.15) is 13.2 Å². The molecule has 3 aromatic carbocycles. The molecule has 126 valence electrons. The number of benzene rings is 3. The Morgan fingerprint density at radius 2 is 1.16 bits per heavy atom. The van der Waals surface area contributed by atoms with Crippen molar-refractivity contribution in [2.45, 2.75) is 12.1 Å². The van der Waals surface area contributed by atoms with Crippen LogP contribution in [-0.4, -0.2) is 5.78 Å². The summed E-state index contributed by atoms with van der Waals surface area (Å²) < 4.78 is 38.4. The summed E-state index contributed by atoms with van der Waals surface area (Å²) in [5.41, 5.74) is 1.08. The van der Waals surface area contributed by atoms with Crippen LogP contribution in [0.2, 0.25) is 0 Å². The molecule has 3 aromatic rings. The standard InChI is InChI=1S/C21H15F3O/c22-21(23,24)18-13-11-16(12-14-18)19(15-7-3-1-4-8-15)20(25)17-9-5-2-6-10-17/h1-14,19H. The zero-order valence-electron chi connectivity index (χ0n) is 13.2. The normalized spacial score (nSPS) is 12.6. The van der Waals surface area contributed by atoms with Crippen molar-refractivity contribution in [3.8, 4) is 0 Å². The predicted molar refractivity (Wildman–Crippen MR) is 90.5 cm³/mol. The van der Waals surface area contributed by atoms with E-state index in [4.69, 9.17) is 0 Å². The van der Waals surface area contributed by atoms with Crippen molar-refractivity contribution in [1.82, 2.24) is 0 Å². The minimum absolute atomic E-state index is 0.147. The van der Waals surface area contributed by atoms with E-state index < -0.39 is 17.7 Å². The molecule has 0 radical (unpaired) electrons. The quantitative estimate of drug-likeness (QED) is 0.555. The molecule has 0 fully saturated rings. The number of rotatable bonds is 4. The largest absolute Gasteiger partial charge is 0.416 e. The summed E-state index contributed by atoms with van der Waals surface area (Å²) in [6, 6.07) is 22.6. The average molecular weight is 340 g/mol. The molecule has 0 heterocycles. The third-order valence-corrected chi connectivity index (χ3v) is 4.02. The van der Waals surface area contributed by atoms with Crippen LogP contribution in [0.15, 0.2) is 84.9 Å². The van der Waals surface area contributed by atoms with Crippen LogP contribution in [0.1, 0.15) is 33.0 Å². The maximum absolute atomic E-state index is 13.0. The second-order valence-corrected chi connectivity index (χ2v) is 5.69. The Morgan fingerprint density at radius 3 is 1.68 bits per heavy atom. The first-order chi connectivity index (χ1) is 12.0. The molecule has 0 saturated heterocycles. The molecule has 0 aromatic heterocycles. The monoisotopic (exact) mass is 340 g/mol. The van der Waals surface area contributed by atoms with Gasteiger partial charge in [-0.15, -0.1) is 0 Å². The molecule has 0 N–H and O–H groups in total. The van der Waals surface area contributed by atoms with Gasteiger partial charge >= 0.3 is 6.18 Å². The fourth-order valence-electron chi connectivity index (χ4n) is 2.77. The first-order valence-corrected chi connectivity index (χ1v) is 7.78. The number of alkyl halides is 3. The maximum atomic E-state index is 13.0. The Kier molecular flexibility index (Phi) is 4.70. The van der Waals surface area contributed by atoms with Gasteiger partial charge in [0, 0.05) is 5.56 Å². The summed E-state index contributed by atoms with van der Waals surface area (Å²) in [5, 5.41) is 0. The predicted octanol–water partition coefficient (Wildman–Crippen LogP) is 5.72. The molecule has 1 nitrogen and oxygen atoms in total. The van der Waals surface area contributed by atoms with Crippen molar-refractivity contribution in [3.63, 3.8) is 0 Å². The van der Waals surface area contributed by atoms with E-state index in [1.54, 1.807) is 24.3 Å². The lowest BCUT2D eigenvalue weighted by atomic mass is 9.84. The van der Waals surface area contributed by atoms with Crippen LogP contribution < -0.4 is 0 Å². The summed E-state index contributed by atoms with van der Waals surface area (Å²) >= 11 is 0. The number of carbonyl (C=O) groups is 1. The lowest BCUT2D eigenvalue weighted by Gasteiger charge is -2.18. The summed E-state index contributed by atoms with van der Waals surface area (Å²) in [4.78, 5) is 13.0. The topological polar surface area (TPSA) is 17.1 Å². The first kappa shape index (κ1) is 17.0. The molecular formula is C21H15F3O. The zero-order chi connectivity index (χ0) is 17.9. The molecular weight excluding hydrogens is 325 g/mol. The molecule has 0 aliphatic carbocycles. The van der Waals surface area contributed by atoms with E-state index in [1.807, 2.05) is 36.4 Å². The van der Waals surface area contributed by atoms with Gasteiger partial charge in [0.1, 0.15) is 0 Å². The van der Waals surface area contributed by atoms with E-state index in [0.717, 1.165) is 17.7 Å². The highest BCUT2D eigenvalue weighted by Gasteiger charge is 2.31. The van der Waals surface area contributed by atoms with Gasteiger partial charge in [-0.25, -0.2) is 0 Å². The molecule has 0 spiro atoms. The molecule has 0 amide bonds. The van der Waals surface area contributed by atoms with Crippen molar-refractivity contribution in [2.75, 3.05) is 0 Å². The molecule has 3 rings (SSSR count). The molecule has 1 atom stereocenters. The van der Waals surface area contributed by atoms with Gasteiger partial charge in [0.15, 0.2) is 5.78 Å². The van der Waals surface area contributed by atoms with Gasteiger partial charge in [-0.05, 0) is 23.3 Å². The lowest BCUT2D eigenvalue weighted by molar-refractivity contribution is -0.137. The molecule has 4 heteroatoms. The number of Topliss-reactive ketones (excluding diaryl/α,β-unsaturated/α-hetero) is 1. The van der Waals surface area contributed by atoms with Gasteiger partial charge in [-0.1, -0.05) is 72.8 Å². The number of hydrogen-bond donors (Lipinski definition) is 0. The summed E-state index contributed by atoms with van der Waals surface area (Å²) in [7, 11) is 0. The number of ketones is 1. The lowest BCUT2D eigenvalue weighted by Crippen LogP contribution is -2.15. The fourth-order valence-corrected chi connectivity index (χ4v) is 2.77. The van der Waals surface area contributed by atoms with Crippen LogP contribution in [0.4, 0.5) is 13.2 Å². The fraction of sp³-hybridized carbons (Fsp3) is 0.0952. The van der Waals surface area contributed by atoms with Crippen molar-refractivity contribution in [3.05, 3.63) is 107 Å². The summed E-state index contributed by atoms with van der Waals surface area (Å²) in [6.07, 6.45) is -4.40. The van der Waals surface area contributed by atoms with E-state index in [1.165, 1.54) is 12.1 Å². The SMILES string of the molecule is O=C(c1ccccc1)C(c1ccccc1)c1ccc(C(F)(F)F)cc1. The molecule has 0 aliphatic heterocycles. The Hall–Kier alpha value is -2.88. The van der Waals surface area contributed by atoms with Crippen molar-refractivity contribution < 1.29 is 18.0 Å². The molecule has 25 heavy (non-hydrogen) atoms. The van der Waals surface area contributed by atoms with Crippen LogP contribution in [-0.2, 0) is 6.18 Å².